The Morgan fingerprint density at radius 1 is 1.53 bits per heavy atom. The quantitative estimate of drug-likeness (QED) is 0.837. The summed E-state index contributed by atoms with van der Waals surface area (Å²) in [4.78, 5) is 0. The second-order valence-corrected chi connectivity index (χ2v) is 4.84. The molecule has 1 atom stereocenters. The van der Waals surface area contributed by atoms with Crippen LogP contribution in [0.15, 0.2) is 16.6 Å². The van der Waals surface area contributed by atoms with Crippen LogP contribution in [0.4, 0.5) is 10.1 Å². The molecule has 1 aromatic rings. The van der Waals surface area contributed by atoms with E-state index < -0.39 is 0 Å². The lowest BCUT2D eigenvalue weighted by Crippen LogP contribution is -2.15. The Hall–Kier alpha value is -0.280. The number of halogens is 3. The van der Waals surface area contributed by atoms with Gasteiger partial charge in [0.15, 0.2) is 0 Å². The van der Waals surface area contributed by atoms with Gasteiger partial charge in [-0.2, -0.15) is 0 Å². The fourth-order valence-corrected chi connectivity index (χ4v) is 2.35. The molecular weight excluding hydrogens is 280 g/mol. The van der Waals surface area contributed by atoms with Crippen LogP contribution in [0, 0.1) is 5.82 Å². The fraction of sp³-hybridized carbons (Fsp3) is 0.455. The van der Waals surface area contributed by atoms with E-state index >= 15 is 0 Å². The van der Waals surface area contributed by atoms with Crippen LogP contribution in [0.3, 0.4) is 0 Å². The van der Waals surface area contributed by atoms with Crippen molar-refractivity contribution in [3.8, 4) is 0 Å². The molecule has 0 heterocycles. The van der Waals surface area contributed by atoms with Crippen LogP contribution in [-0.4, -0.2) is 6.04 Å². The third-order valence-corrected chi connectivity index (χ3v) is 3.04. The van der Waals surface area contributed by atoms with Gasteiger partial charge in [-0.05, 0) is 41.4 Å². The molecule has 0 radical (unpaired) electrons. The molecule has 0 saturated heterocycles. The zero-order chi connectivity index (χ0) is 11.4. The second-order valence-electron chi connectivity index (χ2n) is 3.58. The van der Waals surface area contributed by atoms with Gasteiger partial charge in [-0.3, -0.25) is 0 Å². The van der Waals surface area contributed by atoms with Crippen molar-refractivity contribution in [2.45, 2.75) is 32.7 Å². The monoisotopic (exact) mass is 293 g/mol. The normalized spacial score (nSPS) is 12.6. The minimum absolute atomic E-state index is 0.328. The molecule has 0 bridgehead atoms. The lowest BCUT2D eigenvalue weighted by Gasteiger charge is -2.16. The molecular formula is C11H14BrClFN. The zero-order valence-electron chi connectivity index (χ0n) is 8.78. The maximum Gasteiger partial charge on any atom is 0.125 e. The molecule has 1 unspecified atom stereocenters. The summed E-state index contributed by atoms with van der Waals surface area (Å²) in [6.45, 7) is 4.20. The lowest BCUT2D eigenvalue weighted by atomic mass is 10.2. The first-order valence-corrected chi connectivity index (χ1v) is 6.12. The van der Waals surface area contributed by atoms with Crippen LogP contribution in [-0.2, 0) is 0 Å². The van der Waals surface area contributed by atoms with Crippen LogP contribution in [0.25, 0.3) is 0 Å². The minimum atomic E-state index is -0.333. The van der Waals surface area contributed by atoms with E-state index in [1.165, 1.54) is 12.1 Å². The van der Waals surface area contributed by atoms with Gasteiger partial charge in [-0.15, -0.1) is 0 Å². The molecule has 0 aliphatic rings. The highest BCUT2D eigenvalue weighted by atomic mass is 79.9. The molecule has 1 N–H and O–H groups in total. The van der Waals surface area contributed by atoms with E-state index in [0.29, 0.717) is 15.5 Å². The number of hydrogen-bond acceptors (Lipinski definition) is 1. The first-order valence-electron chi connectivity index (χ1n) is 4.95. The third-order valence-electron chi connectivity index (χ3n) is 2.12. The topological polar surface area (TPSA) is 12.0 Å². The molecule has 0 aromatic heterocycles. The van der Waals surface area contributed by atoms with Crippen molar-refractivity contribution >= 4 is 33.2 Å². The summed E-state index contributed by atoms with van der Waals surface area (Å²) in [6.07, 6.45) is 2.16. The molecule has 1 aromatic carbocycles. The summed E-state index contributed by atoms with van der Waals surface area (Å²) in [7, 11) is 0. The molecule has 0 spiro atoms. The standard InChI is InChI=1S/C11H14BrClFN/c1-3-4-7(2)15-11-9(12)5-8(14)6-10(11)13/h5-7,15H,3-4H2,1-2H3. The summed E-state index contributed by atoms with van der Waals surface area (Å²) in [5.41, 5.74) is 0.763. The summed E-state index contributed by atoms with van der Waals surface area (Å²) in [5, 5.41) is 3.67. The SMILES string of the molecule is CCCC(C)Nc1c(Cl)cc(F)cc1Br. The van der Waals surface area contributed by atoms with E-state index in [-0.39, 0.29) is 5.82 Å². The Kier molecular flexibility index (Phi) is 4.87. The zero-order valence-corrected chi connectivity index (χ0v) is 11.1. The van der Waals surface area contributed by atoms with Crippen LogP contribution in [0.1, 0.15) is 26.7 Å². The molecule has 15 heavy (non-hydrogen) atoms. The first-order chi connectivity index (χ1) is 7.04. The smallest absolute Gasteiger partial charge is 0.125 e. The van der Waals surface area contributed by atoms with Gasteiger partial charge < -0.3 is 5.32 Å². The van der Waals surface area contributed by atoms with E-state index in [0.717, 1.165) is 18.5 Å². The van der Waals surface area contributed by atoms with Crippen molar-refractivity contribution in [1.29, 1.82) is 0 Å². The summed E-state index contributed by atoms with van der Waals surface area (Å²) >= 11 is 9.24. The second kappa shape index (κ2) is 5.71. The number of nitrogens with one attached hydrogen (secondary N) is 1. The number of rotatable bonds is 4. The molecule has 4 heteroatoms. The number of hydrogen-bond donors (Lipinski definition) is 1. The predicted molar refractivity (Wildman–Crippen MR) is 67.1 cm³/mol. The highest BCUT2D eigenvalue weighted by Gasteiger charge is 2.10. The van der Waals surface area contributed by atoms with Crippen LogP contribution >= 0.6 is 27.5 Å². The van der Waals surface area contributed by atoms with Gasteiger partial charge in [0.1, 0.15) is 5.82 Å². The third kappa shape index (κ3) is 3.65. The maximum atomic E-state index is 13.0. The van der Waals surface area contributed by atoms with E-state index in [1.54, 1.807) is 0 Å². The molecule has 1 nitrogen and oxygen atoms in total. The molecule has 1 rings (SSSR count). The van der Waals surface area contributed by atoms with Crippen LogP contribution in [0.5, 0.6) is 0 Å². The highest BCUT2D eigenvalue weighted by Crippen LogP contribution is 2.32. The molecule has 0 amide bonds. The number of benzene rings is 1. The Morgan fingerprint density at radius 2 is 2.20 bits per heavy atom. The average molecular weight is 295 g/mol. The molecule has 0 saturated carbocycles. The van der Waals surface area contributed by atoms with E-state index in [2.05, 4.69) is 35.1 Å². The summed E-state index contributed by atoms with van der Waals surface area (Å²) in [5.74, 6) is -0.333. The number of anilines is 1. The largest absolute Gasteiger partial charge is 0.380 e. The van der Waals surface area contributed by atoms with Crippen molar-refractivity contribution in [3.05, 3.63) is 27.4 Å². The van der Waals surface area contributed by atoms with Gasteiger partial charge in [-0.1, -0.05) is 24.9 Å². The van der Waals surface area contributed by atoms with Gasteiger partial charge in [-0.25, -0.2) is 4.39 Å². The van der Waals surface area contributed by atoms with Gasteiger partial charge in [0.05, 0.1) is 10.7 Å². The van der Waals surface area contributed by atoms with Crippen molar-refractivity contribution in [2.75, 3.05) is 5.32 Å². The van der Waals surface area contributed by atoms with Crippen molar-refractivity contribution in [3.63, 3.8) is 0 Å². The summed E-state index contributed by atoms with van der Waals surface area (Å²) < 4.78 is 13.6. The Bertz CT molecular complexity index is 320. The molecule has 84 valence electrons. The first kappa shape index (κ1) is 12.8. The van der Waals surface area contributed by atoms with Gasteiger partial charge in [0, 0.05) is 10.5 Å². The van der Waals surface area contributed by atoms with Gasteiger partial charge in [0.2, 0.25) is 0 Å². The Balaban J connectivity index is 2.85. The van der Waals surface area contributed by atoms with E-state index in [9.17, 15) is 4.39 Å². The van der Waals surface area contributed by atoms with Gasteiger partial charge >= 0.3 is 0 Å². The highest BCUT2D eigenvalue weighted by molar-refractivity contribution is 9.10. The molecule has 0 fully saturated rings. The van der Waals surface area contributed by atoms with Crippen LogP contribution in [0.2, 0.25) is 5.02 Å². The lowest BCUT2D eigenvalue weighted by molar-refractivity contribution is 0.626. The Labute approximate surface area is 103 Å². The predicted octanol–water partition coefficient (Wildman–Crippen LogP) is 4.84. The van der Waals surface area contributed by atoms with Crippen molar-refractivity contribution in [1.82, 2.24) is 0 Å². The minimum Gasteiger partial charge on any atom is -0.380 e. The molecule has 0 aliphatic heterocycles. The van der Waals surface area contributed by atoms with Gasteiger partial charge in [0.25, 0.3) is 0 Å². The fourth-order valence-electron chi connectivity index (χ4n) is 1.43. The summed E-state index contributed by atoms with van der Waals surface area (Å²) in [6, 6.07) is 3.05. The van der Waals surface area contributed by atoms with Crippen molar-refractivity contribution < 1.29 is 4.39 Å². The average Bonchev–Trinajstić information content (AvgIpc) is 2.11. The van der Waals surface area contributed by atoms with Crippen molar-refractivity contribution in [2.24, 2.45) is 0 Å². The maximum absolute atomic E-state index is 13.0. The Morgan fingerprint density at radius 3 is 2.73 bits per heavy atom. The van der Waals surface area contributed by atoms with Crippen LogP contribution < -0.4 is 5.32 Å². The van der Waals surface area contributed by atoms with E-state index in [4.69, 9.17) is 11.6 Å². The van der Waals surface area contributed by atoms with E-state index in [1.807, 2.05) is 0 Å². The molecule has 0 aliphatic carbocycles.